The first-order valence-corrected chi connectivity index (χ1v) is 9.87. The Morgan fingerprint density at radius 2 is 1.94 bits per heavy atom. The van der Waals surface area contributed by atoms with Gasteiger partial charge in [-0.2, -0.15) is 5.10 Å². The Hall–Kier alpha value is -4.54. The van der Waals surface area contributed by atoms with Crippen LogP contribution in [0.3, 0.4) is 0 Å². The molecule has 0 bridgehead atoms. The van der Waals surface area contributed by atoms with Crippen LogP contribution in [-0.2, 0) is 0 Å². The number of nitrogens with one attached hydrogen (secondary N) is 2. The molecule has 166 valence electrons. The number of benzene rings is 2. The summed E-state index contributed by atoms with van der Waals surface area (Å²) in [4.78, 5) is 25.3. The molecule has 4 N–H and O–H groups in total. The van der Waals surface area contributed by atoms with Gasteiger partial charge in [-0.25, -0.2) is 23.3 Å². The number of rotatable bonds is 4. The third-order valence-electron chi connectivity index (χ3n) is 5.18. The Morgan fingerprint density at radius 3 is 2.67 bits per heavy atom. The minimum atomic E-state index is -0.723. The van der Waals surface area contributed by atoms with Gasteiger partial charge in [0.15, 0.2) is 11.6 Å². The number of amides is 1. The molecule has 0 spiro atoms. The molecule has 3 aromatic heterocycles. The molecule has 0 aliphatic rings. The largest absolute Gasteiger partial charge is 0.382 e. The molecular formula is C22H18F2N8O. The van der Waals surface area contributed by atoms with E-state index in [4.69, 9.17) is 5.73 Å². The van der Waals surface area contributed by atoms with E-state index in [9.17, 15) is 13.6 Å². The van der Waals surface area contributed by atoms with E-state index < -0.39 is 11.6 Å². The van der Waals surface area contributed by atoms with Crippen LogP contribution in [0.15, 0.2) is 48.9 Å². The molecule has 0 radical (unpaired) electrons. The number of imidazole rings is 1. The fourth-order valence-electron chi connectivity index (χ4n) is 3.68. The van der Waals surface area contributed by atoms with Gasteiger partial charge in [-0.1, -0.05) is 12.1 Å². The zero-order valence-electron chi connectivity index (χ0n) is 17.6. The standard InChI is InChI=1S/C22H18F2N8O/c1-31(2)21(33)14-9-32-19(20(25)26-10-27-32)17(14)11-3-5-13(6-4-11)28-22-29-16-8-12(23)7-15(24)18(16)30-22/h3-10H,1-2H3,(H2,25,26,27)(H2,28,29,30). The van der Waals surface area contributed by atoms with Crippen molar-refractivity contribution in [2.75, 3.05) is 25.1 Å². The van der Waals surface area contributed by atoms with Gasteiger partial charge in [-0.3, -0.25) is 4.79 Å². The van der Waals surface area contributed by atoms with E-state index in [-0.39, 0.29) is 28.7 Å². The van der Waals surface area contributed by atoms with Crippen molar-refractivity contribution in [1.29, 1.82) is 0 Å². The minimum Gasteiger partial charge on any atom is -0.382 e. The average molecular weight is 448 g/mol. The van der Waals surface area contributed by atoms with Crippen LogP contribution < -0.4 is 11.1 Å². The summed E-state index contributed by atoms with van der Waals surface area (Å²) in [5.41, 5.74) is 9.33. The molecule has 5 rings (SSSR count). The van der Waals surface area contributed by atoms with Crippen LogP contribution >= 0.6 is 0 Å². The highest BCUT2D eigenvalue weighted by Crippen LogP contribution is 2.34. The van der Waals surface area contributed by atoms with Gasteiger partial charge in [0, 0.05) is 43.7 Å². The highest BCUT2D eigenvalue weighted by atomic mass is 19.1. The first kappa shape index (κ1) is 20.4. The fourth-order valence-corrected chi connectivity index (χ4v) is 3.68. The van der Waals surface area contributed by atoms with Crippen LogP contribution in [-0.4, -0.2) is 49.5 Å². The van der Waals surface area contributed by atoms with Crippen molar-refractivity contribution in [1.82, 2.24) is 29.5 Å². The Kier molecular flexibility index (Phi) is 4.66. The van der Waals surface area contributed by atoms with Gasteiger partial charge in [0.05, 0.1) is 11.1 Å². The number of nitrogens with two attached hydrogens (primary N) is 1. The number of carbonyl (C=O) groups is 1. The number of hydrogen-bond acceptors (Lipinski definition) is 6. The fraction of sp³-hybridized carbons (Fsp3) is 0.0909. The summed E-state index contributed by atoms with van der Waals surface area (Å²) in [6.45, 7) is 0. The molecule has 0 saturated heterocycles. The molecule has 0 unspecified atom stereocenters. The molecule has 5 aromatic rings. The van der Waals surface area contributed by atoms with Crippen LogP contribution in [0, 0.1) is 11.6 Å². The lowest BCUT2D eigenvalue weighted by Crippen LogP contribution is -2.21. The number of nitrogen functional groups attached to an aromatic ring is 1. The molecule has 0 fully saturated rings. The van der Waals surface area contributed by atoms with E-state index in [1.165, 1.54) is 15.7 Å². The normalized spacial score (nSPS) is 11.3. The van der Waals surface area contributed by atoms with Crippen molar-refractivity contribution in [3.05, 3.63) is 66.1 Å². The Labute approximate surface area is 185 Å². The number of anilines is 3. The van der Waals surface area contributed by atoms with Gasteiger partial charge in [-0.05, 0) is 17.7 Å². The average Bonchev–Trinajstić information content (AvgIpc) is 3.36. The predicted octanol–water partition coefficient (Wildman–Crippen LogP) is 3.58. The van der Waals surface area contributed by atoms with Crippen molar-refractivity contribution in [2.24, 2.45) is 0 Å². The second-order valence-electron chi connectivity index (χ2n) is 7.63. The van der Waals surface area contributed by atoms with Crippen LogP contribution in [0.5, 0.6) is 0 Å². The van der Waals surface area contributed by atoms with Crippen LogP contribution in [0.4, 0.5) is 26.2 Å². The number of H-pyrrole nitrogens is 1. The number of hydrogen-bond donors (Lipinski definition) is 3. The summed E-state index contributed by atoms with van der Waals surface area (Å²) in [6, 6.07) is 9.10. The number of nitrogens with zero attached hydrogens (tertiary/aromatic N) is 5. The molecular weight excluding hydrogens is 430 g/mol. The van der Waals surface area contributed by atoms with Crippen LogP contribution in [0.1, 0.15) is 10.4 Å². The van der Waals surface area contributed by atoms with Crippen LogP contribution in [0.25, 0.3) is 27.7 Å². The van der Waals surface area contributed by atoms with Crippen LogP contribution in [0.2, 0.25) is 0 Å². The summed E-state index contributed by atoms with van der Waals surface area (Å²) >= 11 is 0. The van der Waals surface area contributed by atoms with Gasteiger partial charge >= 0.3 is 0 Å². The molecule has 9 nitrogen and oxygen atoms in total. The zero-order valence-corrected chi connectivity index (χ0v) is 17.6. The molecule has 0 aliphatic carbocycles. The summed E-state index contributed by atoms with van der Waals surface area (Å²) in [5.74, 6) is -1.12. The number of halogens is 2. The summed E-state index contributed by atoms with van der Waals surface area (Å²) in [6.07, 6.45) is 2.95. The number of fused-ring (bicyclic) bond motifs is 2. The van der Waals surface area contributed by atoms with Gasteiger partial charge in [0.1, 0.15) is 23.2 Å². The van der Waals surface area contributed by atoms with E-state index >= 15 is 0 Å². The third-order valence-corrected chi connectivity index (χ3v) is 5.18. The highest BCUT2D eigenvalue weighted by molar-refractivity contribution is 6.07. The molecule has 33 heavy (non-hydrogen) atoms. The maximum atomic E-state index is 13.9. The lowest BCUT2D eigenvalue weighted by atomic mass is 10.0. The molecule has 3 heterocycles. The highest BCUT2D eigenvalue weighted by Gasteiger charge is 2.22. The van der Waals surface area contributed by atoms with E-state index in [0.717, 1.165) is 17.7 Å². The third kappa shape index (κ3) is 3.49. The molecule has 2 aromatic carbocycles. The van der Waals surface area contributed by atoms with Gasteiger partial charge in [0.25, 0.3) is 5.91 Å². The Bertz CT molecular complexity index is 1520. The maximum Gasteiger partial charge on any atom is 0.255 e. The Balaban J connectivity index is 1.53. The van der Waals surface area contributed by atoms with Crippen molar-refractivity contribution in [2.45, 2.75) is 0 Å². The van der Waals surface area contributed by atoms with Gasteiger partial charge in [0.2, 0.25) is 5.95 Å². The minimum absolute atomic E-state index is 0.109. The number of aromatic nitrogens is 5. The number of carbonyl (C=O) groups excluding carboxylic acids is 1. The lowest BCUT2D eigenvalue weighted by Gasteiger charge is -2.12. The lowest BCUT2D eigenvalue weighted by molar-refractivity contribution is 0.0828. The predicted molar refractivity (Wildman–Crippen MR) is 120 cm³/mol. The molecule has 0 atom stereocenters. The van der Waals surface area contributed by atoms with Crippen molar-refractivity contribution in [3.8, 4) is 11.1 Å². The molecule has 0 aliphatic heterocycles. The smallest absolute Gasteiger partial charge is 0.255 e. The molecule has 0 saturated carbocycles. The van der Waals surface area contributed by atoms with Crippen molar-refractivity contribution >= 4 is 39.9 Å². The van der Waals surface area contributed by atoms with E-state index in [1.807, 2.05) is 0 Å². The summed E-state index contributed by atoms with van der Waals surface area (Å²) in [7, 11) is 3.33. The van der Waals surface area contributed by atoms with E-state index in [0.29, 0.717) is 22.3 Å². The van der Waals surface area contributed by atoms with Gasteiger partial charge in [-0.15, -0.1) is 0 Å². The first-order chi connectivity index (χ1) is 15.8. The second kappa shape index (κ2) is 7.55. The zero-order chi connectivity index (χ0) is 23.3. The van der Waals surface area contributed by atoms with Gasteiger partial charge < -0.3 is 20.9 Å². The van der Waals surface area contributed by atoms with Crippen molar-refractivity contribution < 1.29 is 13.6 Å². The SMILES string of the molecule is CN(C)C(=O)c1cn2ncnc(N)c2c1-c1ccc(Nc2nc3cc(F)cc(F)c3[nH]2)cc1. The van der Waals surface area contributed by atoms with E-state index in [1.54, 1.807) is 44.6 Å². The van der Waals surface area contributed by atoms with Crippen molar-refractivity contribution in [3.63, 3.8) is 0 Å². The number of aromatic amines is 1. The molecule has 1 amide bonds. The molecule has 11 heteroatoms. The topological polar surface area (TPSA) is 117 Å². The second-order valence-corrected chi connectivity index (χ2v) is 7.63. The van der Waals surface area contributed by atoms with E-state index in [2.05, 4.69) is 25.4 Å². The Morgan fingerprint density at radius 1 is 1.18 bits per heavy atom. The first-order valence-electron chi connectivity index (χ1n) is 9.87. The summed E-state index contributed by atoms with van der Waals surface area (Å²) in [5, 5.41) is 7.20. The maximum absolute atomic E-state index is 13.9. The summed E-state index contributed by atoms with van der Waals surface area (Å²) < 4.78 is 28.9. The monoisotopic (exact) mass is 448 g/mol. The quantitative estimate of drug-likeness (QED) is 0.387.